The molecule has 0 aliphatic rings. The van der Waals surface area contributed by atoms with E-state index in [1.807, 2.05) is 0 Å². The summed E-state index contributed by atoms with van der Waals surface area (Å²) in [4.78, 5) is 4.58. The van der Waals surface area contributed by atoms with Gasteiger partial charge >= 0.3 is 6.61 Å². The molecule has 4 rings (SSSR count). The number of rotatable bonds is 7. The third-order valence-electron chi connectivity index (χ3n) is 4.43. The van der Waals surface area contributed by atoms with E-state index in [1.54, 1.807) is 54.0 Å². The molecule has 0 bridgehead atoms. The second kappa shape index (κ2) is 8.21. The standard InChI is InChI=1S/C21H16F2N4O3/c1-13-8-20(26-30-13)28-12-19-25-16-7-6-14(10-24)9-17(16)27(19)11-15-4-2-3-5-18(15)29-21(22)23/h2-9,21H,11-12H2,1H3. The Hall–Kier alpha value is -3.93. The average molecular weight is 410 g/mol. The van der Waals surface area contributed by atoms with E-state index in [1.165, 1.54) is 6.07 Å². The van der Waals surface area contributed by atoms with Crippen LogP contribution >= 0.6 is 0 Å². The van der Waals surface area contributed by atoms with Crippen LogP contribution in [0.1, 0.15) is 22.7 Å². The first-order valence-electron chi connectivity index (χ1n) is 9.01. The summed E-state index contributed by atoms with van der Waals surface area (Å²) in [5, 5.41) is 13.0. The van der Waals surface area contributed by atoms with E-state index in [4.69, 9.17) is 9.26 Å². The van der Waals surface area contributed by atoms with Gasteiger partial charge in [-0.1, -0.05) is 18.2 Å². The lowest BCUT2D eigenvalue weighted by Crippen LogP contribution is -2.11. The largest absolute Gasteiger partial charge is 0.467 e. The number of hydrogen-bond acceptors (Lipinski definition) is 6. The van der Waals surface area contributed by atoms with Crippen molar-refractivity contribution in [2.75, 3.05) is 0 Å². The van der Waals surface area contributed by atoms with Crippen molar-refractivity contribution < 1.29 is 22.8 Å². The number of halogens is 2. The van der Waals surface area contributed by atoms with Crippen molar-refractivity contribution in [3.05, 3.63) is 71.2 Å². The number of aromatic nitrogens is 3. The Bertz CT molecular complexity index is 1230. The first-order valence-corrected chi connectivity index (χ1v) is 9.01. The van der Waals surface area contributed by atoms with Crippen LogP contribution in [0.4, 0.5) is 8.78 Å². The summed E-state index contributed by atoms with van der Waals surface area (Å²) in [6.45, 7) is -0.918. The maximum absolute atomic E-state index is 12.8. The summed E-state index contributed by atoms with van der Waals surface area (Å²) in [7, 11) is 0. The molecular formula is C21H16F2N4O3. The Balaban J connectivity index is 1.73. The van der Waals surface area contributed by atoms with Crippen LogP contribution in [0.5, 0.6) is 11.6 Å². The van der Waals surface area contributed by atoms with E-state index in [-0.39, 0.29) is 18.9 Å². The van der Waals surface area contributed by atoms with Crippen LogP contribution in [0.15, 0.2) is 53.1 Å². The molecule has 0 saturated carbocycles. The Morgan fingerprint density at radius 1 is 1.20 bits per heavy atom. The van der Waals surface area contributed by atoms with Crippen LogP contribution in [0.25, 0.3) is 11.0 Å². The number of nitriles is 1. The fourth-order valence-electron chi connectivity index (χ4n) is 3.09. The molecule has 2 heterocycles. The summed E-state index contributed by atoms with van der Waals surface area (Å²) in [5.74, 6) is 1.53. The number of fused-ring (bicyclic) bond motifs is 1. The van der Waals surface area contributed by atoms with Gasteiger partial charge in [0.05, 0.1) is 29.2 Å². The van der Waals surface area contributed by atoms with Crippen molar-refractivity contribution in [3.63, 3.8) is 0 Å². The molecule has 0 spiro atoms. The Kier molecular flexibility index (Phi) is 5.30. The molecule has 0 radical (unpaired) electrons. The minimum absolute atomic E-state index is 0.0699. The van der Waals surface area contributed by atoms with E-state index < -0.39 is 6.61 Å². The van der Waals surface area contributed by atoms with E-state index >= 15 is 0 Å². The van der Waals surface area contributed by atoms with Gasteiger partial charge in [0.2, 0.25) is 0 Å². The van der Waals surface area contributed by atoms with Crippen LogP contribution in [0.2, 0.25) is 0 Å². The smallest absolute Gasteiger partial charge is 0.387 e. The highest BCUT2D eigenvalue weighted by atomic mass is 19.3. The molecule has 9 heteroatoms. The van der Waals surface area contributed by atoms with Gasteiger partial charge in [-0.25, -0.2) is 4.98 Å². The lowest BCUT2D eigenvalue weighted by atomic mass is 10.2. The van der Waals surface area contributed by atoms with Crippen LogP contribution in [-0.4, -0.2) is 21.3 Å². The third kappa shape index (κ3) is 4.07. The molecule has 0 atom stereocenters. The lowest BCUT2D eigenvalue weighted by molar-refractivity contribution is -0.0504. The molecule has 30 heavy (non-hydrogen) atoms. The number of imidazole rings is 1. The SMILES string of the molecule is Cc1cc(OCc2nc3ccc(C#N)cc3n2Cc2ccccc2OC(F)F)no1. The first-order chi connectivity index (χ1) is 14.5. The van der Waals surface area contributed by atoms with Crippen LogP contribution < -0.4 is 9.47 Å². The van der Waals surface area contributed by atoms with Crippen molar-refractivity contribution in [2.24, 2.45) is 0 Å². The van der Waals surface area contributed by atoms with E-state index in [9.17, 15) is 14.0 Å². The number of benzene rings is 2. The Morgan fingerprint density at radius 3 is 2.77 bits per heavy atom. The van der Waals surface area contributed by atoms with Gasteiger partial charge in [-0.3, -0.25) is 0 Å². The number of ether oxygens (including phenoxy) is 2. The van der Waals surface area contributed by atoms with E-state index in [0.717, 1.165) is 0 Å². The zero-order valence-corrected chi connectivity index (χ0v) is 15.9. The molecule has 152 valence electrons. The Labute approximate surface area is 170 Å². The van der Waals surface area contributed by atoms with Gasteiger partial charge in [0.15, 0.2) is 0 Å². The molecule has 0 amide bonds. The molecule has 0 fully saturated rings. The summed E-state index contributed by atoms with van der Waals surface area (Å²) in [5.41, 5.74) is 2.32. The van der Waals surface area contributed by atoms with Gasteiger partial charge in [0.1, 0.15) is 23.9 Å². The van der Waals surface area contributed by atoms with E-state index in [2.05, 4.69) is 20.9 Å². The molecule has 4 aromatic rings. The topological polar surface area (TPSA) is 86.1 Å². The number of hydrogen-bond donors (Lipinski definition) is 0. The number of para-hydroxylation sites is 1. The fraction of sp³-hybridized carbons (Fsp3) is 0.190. The van der Waals surface area contributed by atoms with Crippen molar-refractivity contribution in [3.8, 4) is 17.7 Å². The molecule has 0 unspecified atom stereocenters. The molecule has 2 aromatic carbocycles. The van der Waals surface area contributed by atoms with Gasteiger partial charge in [-0.15, -0.1) is 0 Å². The van der Waals surface area contributed by atoms with Gasteiger partial charge in [0, 0.05) is 11.6 Å². The summed E-state index contributed by atoms with van der Waals surface area (Å²) >= 11 is 0. The molecular weight excluding hydrogens is 394 g/mol. The molecule has 0 N–H and O–H groups in total. The maximum Gasteiger partial charge on any atom is 0.387 e. The van der Waals surface area contributed by atoms with Crippen LogP contribution in [0.3, 0.4) is 0 Å². The van der Waals surface area contributed by atoms with E-state index in [0.29, 0.717) is 39.6 Å². The number of alkyl halides is 2. The molecule has 0 aliphatic carbocycles. The number of aryl methyl sites for hydroxylation is 1. The minimum atomic E-state index is -2.94. The van der Waals surface area contributed by atoms with Gasteiger partial charge in [-0.2, -0.15) is 14.0 Å². The summed E-state index contributed by atoms with van der Waals surface area (Å²) < 4.78 is 42.7. The average Bonchev–Trinajstić information content (AvgIpc) is 3.30. The normalized spacial score (nSPS) is 11.0. The second-order valence-electron chi connectivity index (χ2n) is 6.48. The van der Waals surface area contributed by atoms with Crippen molar-refractivity contribution in [1.82, 2.24) is 14.7 Å². The summed E-state index contributed by atoms with van der Waals surface area (Å²) in [6.07, 6.45) is 0. The zero-order valence-electron chi connectivity index (χ0n) is 15.9. The van der Waals surface area contributed by atoms with Crippen LogP contribution in [-0.2, 0) is 13.2 Å². The van der Waals surface area contributed by atoms with Gasteiger partial charge in [-0.05, 0) is 36.3 Å². The predicted octanol–water partition coefficient (Wildman–Crippen LogP) is 4.43. The second-order valence-corrected chi connectivity index (χ2v) is 6.48. The zero-order chi connectivity index (χ0) is 21.1. The minimum Gasteiger partial charge on any atom is -0.467 e. The van der Waals surface area contributed by atoms with Gasteiger partial charge in [0.25, 0.3) is 5.88 Å². The molecule has 7 nitrogen and oxygen atoms in total. The van der Waals surface area contributed by atoms with Crippen molar-refractivity contribution >= 4 is 11.0 Å². The number of nitrogens with zero attached hydrogens (tertiary/aromatic N) is 4. The predicted molar refractivity (Wildman–Crippen MR) is 102 cm³/mol. The molecule has 2 aromatic heterocycles. The highest BCUT2D eigenvalue weighted by molar-refractivity contribution is 5.78. The maximum atomic E-state index is 12.8. The monoisotopic (exact) mass is 410 g/mol. The highest BCUT2D eigenvalue weighted by Crippen LogP contribution is 2.26. The third-order valence-corrected chi connectivity index (χ3v) is 4.43. The molecule has 0 saturated heterocycles. The fourth-order valence-corrected chi connectivity index (χ4v) is 3.09. The first kappa shape index (κ1) is 19.4. The van der Waals surface area contributed by atoms with Crippen molar-refractivity contribution in [1.29, 1.82) is 5.26 Å². The molecule has 0 aliphatic heterocycles. The van der Waals surface area contributed by atoms with Crippen LogP contribution in [0, 0.1) is 18.3 Å². The quantitative estimate of drug-likeness (QED) is 0.448. The lowest BCUT2D eigenvalue weighted by Gasteiger charge is -2.14. The highest BCUT2D eigenvalue weighted by Gasteiger charge is 2.16. The van der Waals surface area contributed by atoms with Crippen molar-refractivity contribution in [2.45, 2.75) is 26.7 Å². The Morgan fingerprint density at radius 2 is 2.03 bits per heavy atom. The van der Waals surface area contributed by atoms with Gasteiger partial charge < -0.3 is 18.6 Å². The summed E-state index contributed by atoms with van der Waals surface area (Å²) in [6, 6.07) is 15.4.